The second-order valence-corrected chi connectivity index (χ2v) is 6.24. The lowest BCUT2D eigenvalue weighted by Gasteiger charge is -2.40. The molecule has 2 fully saturated rings. The number of carboxylic acids is 1. The Morgan fingerprint density at radius 3 is 2.75 bits per heavy atom. The van der Waals surface area contributed by atoms with Crippen LogP contribution in [0.3, 0.4) is 0 Å². The summed E-state index contributed by atoms with van der Waals surface area (Å²) < 4.78 is 0. The third-order valence-corrected chi connectivity index (χ3v) is 4.86. The fourth-order valence-electron chi connectivity index (χ4n) is 3.57. The zero-order valence-electron chi connectivity index (χ0n) is 12.5. The SMILES string of the molecule is CCC1CCNC(C(=O)N2CCCC(C)C2C(=O)O)C1. The van der Waals surface area contributed by atoms with Crippen molar-refractivity contribution in [3.8, 4) is 0 Å². The van der Waals surface area contributed by atoms with Gasteiger partial charge in [-0.05, 0) is 44.1 Å². The number of carboxylic acid groups (broad SMARTS) is 1. The highest BCUT2D eigenvalue weighted by Gasteiger charge is 2.40. The molecule has 2 rings (SSSR count). The molecule has 2 aliphatic heterocycles. The molecule has 4 unspecified atom stereocenters. The summed E-state index contributed by atoms with van der Waals surface area (Å²) in [7, 11) is 0. The lowest BCUT2D eigenvalue weighted by Crippen LogP contribution is -2.58. The number of aliphatic carboxylic acids is 1. The molecule has 20 heavy (non-hydrogen) atoms. The minimum Gasteiger partial charge on any atom is -0.480 e. The molecule has 0 aromatic carbocycles. The summed E-state index contributed by atoms with van der Waals surface area (Å²) in [6.07, 6.45) is 4.83. The van der Waals surface area contributed by atoms with Crippen molar-refractivity contribution in [3.63, 3.8) is 0 Å². The van der Waals surface area contributed by atoms with E-state index in [1.807, 2.05) is 6.92 Å². The van der Waals surface area contributed by atoms with Crippen LogP contribution in [-0.2, 0) is 9.59 Å². The highest BCUT2D eigenvalue weighted by molar-refractivity contribution is 5.87. The second kappa shape index (κ2) is 6.57. The maximum atomic E-state index is 12.7. The van der Waals surface area contributed by atoms with E-state index in [-0.39, 0.29) is 17.9 Å². The molecule has 1 amide bonds. The number of hydrogen-bond donors (Lipinski definition) is 2. The van der Waals surface area contributed by atoms with Gasteiger partial charge in [0.2, 0.25) is 5.91 Å². The van der Waals surface area contributed by atoms with E-state index in [9.17, 15) is 14.7 Å². The molecule has 0 spiro atoms. The maximum absolute atomic E-state index is 12.7. The van der Waals surface area contributed by atoms with Crippen molar-refractivity contribution < 1.29 is 14.7 Å². The number of rotatable bonds is 3. The number of carbonyl (C=O) groups excluding carboxylic acids is 1. The van der Waals surface area contributed by atoms with Crippen molar-refractivity contribution in [3.05, 3.63) is 0 Å². The van der Waals surface area contributed by atoms with Gasteiger partial charge in [-0.3, -0.25) is 4.79 Å². The first kappa shape index (κ1) is 15.3. The first-order valence-corrected chi connectivity index (χ1v) is 7.81. The Bertz CT molecular complexity index is 372. The smallest absolute Gasteiger partial charge is 0.326 e. The van der Waals surface area contributed by atoms with Crippen molar-refractivity contribution in [2.75, 3.05) is 13.1 Å². The number of nitrogens with one attached hydrogen (secondary N) is 1. The second-order valence-electron chi connectivity index (χ2n) is 6.24. The molecule has 0 bridgehead atoms. The van der Waals surface area contributed by atoms with Crippen LogP contribution in [-0.4, -0.2) is 47.1 Å². The predicted molar refractivity (Wildman–Crippen MR) is 76.3 cm³/mol. The number of amides is 1. The van der Waals surface area contributed by atoms with Gasteiger partial charge in [-0.2, -0.15) is 0 Å². The van der Waals surface area contributed by atoms with Crippen LogP contribution in [0.5, 0.6) is 0 Å². The molecule has 2 saturated heterocycles. The molecular formula is C15H26N2O3. The highest BCUT2D eigenvalue weighted by Crippen LogP contribution is 2.27. The summed E-state index contributed by atoms with van der Waals surface area (Å²) in [5.41, 5.74) is 0. The Morgan fingerprint density at radius 2 is 2.10 bits per heavy atom. The molecule has 114 valence electrons. The van der Waals surface area contributed by atoms with Crippen molar-refractivity contribution >= 4 is 11.9 Å². The van der Waals surface area contributed by atoms with Gasteiger partial charge in [0, 0.05) is 6.54 Å². The zero-order valence-corrected chi connectivity index (χ0v) is 12.5. The van der Waals surface area contributed by atoms with Gasteiger partial charge < -0.3 is 15.3 Å². The van der Waals surface area contributed by atoms with Crippen LogP contribution in [0.2, 0.25) is 0 Å². The van der Waals surface area contributed by atoms with Crippen LogP contribution in [0, 0.1) is 11.8 Å². The zero-order chi connectivity index (χ0) is 14.7. The van der Waals surface area contributed by atoms with Gasteiger partial charge in [0.25, 0.3) is 0 Å². The Kier molecular flexibility index (Phi) is 5.02. The summed E-state index contributed by atoms with van der Waals surface area (Å²) in [5.74, 6) is -0.262. The summed E-state index contributed by atoms with van der Waals surface area (Å²) in [6, 6.07) is -0.846. The number of hydrogen-bond acceptors (Lipinski definition) is 3. The van der Waals surface area contributed by atoms with Crippen LogP contribution >= 0.6 is 0 Å². The predicted octanol–water partition coefficient (Wildman–Crippen LogP) is 1.48. The first-order chi connectivity index (χ1) is 9.54. The molecule has 5 heteroatoms. The summed E-state index contributed by atoms with van der Waals surface area (Å²) in [6.45, 7) is 5.52. The number of piperidine rings is 2. The van der Waals surface area contributed by atoms with Crippen molar-refractivity contribution in [2.45, 2.75) is 58.0 Å². The lowest BCUT2D eigenvalue weighted by atomic mass is 9.87. The molecule has 0 aromatic rings. The Balaban J connectivity index is 2.07. The van der Waals surface area contributed by atoms with Crippen molar-refractivity contribution in [2.24, 2.45) is 11.8 Å². The molecule has 5 nitrogen and oxygen atoms in total. The van der Waals surface area contributed by atoms with Crippen LogP contribution in [0.25, 0.3) is 0 Å². The highest BCUT2D eigenvalue weighted by atomic mass is 16.4. The van der Waals surface area contributed by atoms with Crippen LogP contribution in [0.15, 0.2) is 0 Å². The number of nitrogens with zero attached hydrogens (tertiary/aromatic N) is 1. The van der Waals surface area contributed by atoms with E-state index in [1.54, 1.807) is 4.90 Å². The summed E-state index contributed by atoms with van der Waals surface area (Å²) in [5, 5.41) is 12.7. The van der Waals surface area contributed by atoms with E-state index < -0.39 is 12.0 Å². The Morgan fingerprint density at radius 1 is 1.35 bits per heavy atom. The average molecular weight is 282 g/mol. The minimum atomic E-state index is -0.867. The molecule has 0 aromatic heterocycles. The van der Waals surface area contributed by atoms with Crippen molar-refractivity contribution in [1.82, 2.24) is 10.2 Å². The maximum Gasteiger partial charge on any atom is 0.326 e. The minimum absolute atomic E-state index is 0.0119. The molecule has 4 atom stereocenters. The lowest BCUT2D eigenvalue weighted by molar-refractivity contribution is -0.156. The first-order valence-electron chi connectivity index (χ1n) is 7.81. The molecule has 0 radical (unpaired) electrons. The van der Waals surface area contributed by atoms with E-state index in [0.29, 0.717) is 12.5 Å². The topological polar surface area (TPSA) is 69.6 Å². The van der Waals surface area contributed by atoms with E-state index >= 15 is 0 Å². The summed E-state index contributed by atoms with van der Waals surface area (Å²) in [4.78, 5) is 25.7. The van der Waals surface area contributed by atoms with Gasteiger partial charge in [-0.15, -0.1) is 0 Å². The van der Waals surface area contributed by atoms with Gasteiger partial charge in [0.1, 0.15) is 6.04 Å². The fraction of sp³-hybridized carbons (Fsp3) is 0.867. The number of likely N-dealkylation sites (tertiary alicyclic amines) is 1. The molecule has 0 saturated carbocycles. The van der Waals surface area contributed by atoms with E-state index in [1.165, 1.54) is 0 Å². The largest absolute Gasteiger partial charge is 0.480 e. The third kappa shape index (κ3) is 3.14. The van der Waals surface area contributed by atoms with Gasteiger partial charge in [-0.25, -0.2) is 4.79 Å². The fourth-order valence-corrected chi connectivity index (χ4v) is 3.57. The summed E-state index contributed by atoms with van der Waals surface area (Å²) >= 11 is 0. The van der Waals surface area contributed by atoms with Gasteiger partial charge in [0.15, 0.2) is 0 Å². The van der Waals surface area contributed by atoms with Gasteiger partial charge in [0.05, 0.1) is 6.04 Å². The van der Waals surface area contributed by atoms with E-state index in [4.69, 9.17) is 0 Å². The van der Waals surface area contributed by atoms with Crippen LogP contribution < -0.4 is 5.32 Å². The quantitative estimate of drug-likeness (QED) is 0.822. The van der Waals surface area contributed by atoms with Crippen molar-refractivity contribution in [1.29, 1.82) is 0 Å². The van der Waals surface area contributed by atoms with Gasteiger partial charge >= 0.3 is 5.97 Å². The normalized spacial score (nSPS) is 34.8. The third-order valence-electron chi connectivity index (χ3n) is 4.86. The van der Waals surface area contributed by atoms with E-state index in [2.05, 4.69) is 12.2 Å². The molecule has 2 aliphatic rings. The standard InChI is InChI=1S/C15H26N2O3/c1-3-11-6-7-16-12(9-11)14(18)17-8-4-5-10(2)13(17)15(19)20/h10-13,16H,3-9H2,1-2H3,(H,19,20). The monoisotopic (exact) mass is 282 g/mol. The molecular weight excluding hydrogens is 256 g/mol. The molecule has 2 N–H and O–H groups in total. The average Bonchev–Trinajstić information content (AvgIpc) is 2.45. The van der Waals surface area contributed by atoms with Gasteiger partial charge in [-0.1, -0.05) is 20.3 Å². The van der Waals surface area contributed by atoms with E-state index in [0.717, 1.165) is 38.6 Å². The van der Waals surface area contributed by atoms with Crippen LogP contribution in [0.1, 0.15) is 46.0 Å². The Hall–Kier alpha value is -1.10. The molecule has 2 heterocycles. The number of carbonyl (C=O) groups is 2. The molecule has 0 aliphatic carbocycles. The Labute approximate surface area is 120 Å². The van der Waals surface area contributed by atoms with Crippen LogP contribution in [0.4, 0.5) is 0 Å².